The first-order valence-corrected chi connectivity index (χ1v) is 8.80. The number of aryl methyl sites for hydroxylation is 1. The molecule has 7 nitrogen and oxygen atoms in total. The number of hydrogen-bond acceptors (Lipinski definition) is 3. The Hall–Kier alpha value is -2.57. The molecule has 1 fully saturated rings. The molecule has 3 amide bonds. The minimum absolute atomic E-state index is 0.0744. The van der Waals surface area contributed by atoms with Gasteiger partial charge < -0.3 is 15.5 Å². The Bertz CT molecular complexity index is 783. The van der Waals surface area contributed by atoms with E-state index in [1.807, 2.05) is 36.0 Å². The summed E-state index contributed by atoms with van der Waals surface area (Å²) in [6, 6.07) is 5.08. The van der Waals surface area contributed by atoms with Crippen LogP contribution < -0.4 is 10.6 Å². The Kier molecular flexibility index (Phi) is 4.92. The Morgan fingerprint density at radius 3 is 2.96 bits per heavy atom. The van der Waals surface area contributed by atoms with Gasteiger partial charge in [-0.1, -0.05) is 13.8 Å². The van der Waals surface area contributed by atoms with E-state index in [0.29, 0.717) is 31.1 Å². The van der Waals surface area contributed by atoms with E-state index in [9.17, 15) is 9.59 Å². The molecule has 1 aromatic carbocycles. The average Bonchev–Trinajstić information content (AvgIpc) is 2.98. The zero-order chi connectivity index (χ0) is 18.0. The van der Waals surface area contributed by atoms with Gasteiger partial charge in [0.05, 0.1) is 11.7 Å². The summed E-state index contributed by atoms with van der Waals surface area (Å²) < 4.78 is 1.89. The quantitative estimate of drug-likeness (QED) is 0.895. The summed E-state index contributed by atoms with van der Waals surface area (Å²) in [5.41, 5.74) is 1.69. The van der Waals surface area contributed by atoms with Gasteiger partial charge in [-0.2, -0.15) is 5.10 Å². The lowest BCUT2D eigenvalue weighted by molar-refractivity contribution is -0.128. The van der Waals surface area contributed by atoms with Gasteiger partial charge in [-0.25, -0.2) is 4.79 Å². The van der Waals surface area contributed by atoms with Gasteiger partial charge in [-0.3, -0.25) is 9.48 Å². The summed E-state index contributed by atoms with van der Waals surface area (Å²) in [6.07, 6.45) is 2.47. The maximum Gasteiger partial charge on any atom is 0.322 e. The summed E-state index contributed by atoms with van der Waals surface area (Å²) >= 11 is 0. The van der Waals surface area contributed by atoms with Crippen molar-refractivity contribution in [3.63, 3.8) is 0 Å². The molecule has 0 aliphatic carbocycles. The molecule has 1 aliphatic rings. The van der Waals surface area contributed by atoms with E-state index in [4.69, 9.17) is 0 Å². The van der Waals surface area contributed by atoms with E-state index in [-0.39, 0.29) is 11.9 Å². The lowest BCUT2D eigenvalue weighted by Gasteiger charge is -2.35. The molecule has 1 aliphatic heterocycles. The number of amides is 3. The van der Waals surface area contributed by atoms with Crippen LogP contribution in [0.5, 0.6) is 0 Å². The molecule has 2 heterocycles. The van der Waals surface area contributed by atoms with Gasteiger partial charge in [0.1, 0.15) is 6.04 Å². The van der Waals surface area contributed by atoms with E-state index < -0.39 is 6.04 Å². The van der Waals surface area contributed by atoms with Crippen molar-refractivity contribution in [1.29, 1.82) is 0 Å². The molecule has 1 saturated heterocycles. The van der Waals surface area contributed by atoms with Crippen LogP contribution in [0.15, 0.2) is 24.4 Å². The third-order valence-corrected chi connectivity index (χ3v) is 4.48. The van der Waals surface area contributed by atoms with Gasteiger partial charge in [-0.15, -0.1) is 0 Å². The van der Waals surface area contributed by atoms with E-state index in [2.05, 4.69) is 29.6 Å². The summed E-state index contributed by atoms with van der Waals surface area (Å²) in [7, 11) is 0. The number of piperazine rings is 1. The standard InChI is InChI=1S/C18H25N5O2/c1-4-23-15-10-14(6-5-13(15)11-20-23)21-18(25)22-8-7-19-17(24)16(22)9-12(2)3/h5-6,10-12,16H,4,7-9H2,1-3H3,(H,19,24)(H,21,25). The number of fused-ring (bicyclic) bond motifs is 1. The summed E-state index contributed by atoms with van der Waals surface area (Å²) in [4.78, 5) is 26.6. The van der Waals surface area contributed by atoms with Crippen molar-refractivity contribution in [2.45, 2.75) is 39.8 Å². The Balaban J connectivity index is 1.79. The fraction of sp³-hybridized carbons (Fsp3) is 0.500. The number of nitrogens with zero attached hydrogens (tertiary/aromatic N) is 3. The van der Waals surface area contributed by atoms with Crippen molar-refractivity contribution >= 4 is 28.5 Å². The molecule has 134 valence electrons. The average molecular weight is 343 g/mol. The minimum atomic E-state index is -0.418. The van der Waals surface area contributed by atoms with Crippen molar-refractivity contribution in [3.05, 3.63) is 24.4 Å². The SMILES string of the molecule is CCn1ncc2ccc(NC(=O)N3CCNC(=O)C3CC(C)C)cc21. The number of urea groups is 1. The van der Waals surface area contributed by atoms with E-state index >= 15 is 0 Å². The van der Waals surface area contributed by atoms with Crippen molar-refractivity contribution in [2.24, 2.45) is 5.92 Å². The number of carbonyl (C=O) groups excluding carboxylic acids is 2. The lowest BCUT2D eigenvalue weighted by atomic mass is 10.0. The Morgan fingerprint density at radius 1 is 1.44 bits per heavy atom. The number of hydrogen-bond donors (Lipinski definition) is 2. The van der Waals surface area contributed by atoms with Crippen molar-refractivity contribution in [3.8, 4) is 0 Å². The summed E-state index contributed by atoms with van der Waals surface area (Å²) in [5.74, 6) is 0.258. The molecule has 1 atom stereocenters. The predicted octanol–water partition coefficient (Wildman–Crippen LogP) is 2.43. The second-order valence-electron chi connectivity index (χ2n) is 6.79. The molecule has 0 radical (unpaired) electrons. The van der Waals surface area contributed by atoms with Crippen LogP contribution in [0.2, 0.25) is 0 Å². The van der Waals surface area contributed by atoms with Gasteiger partial charge in [0.25, 0.3) is 0 Å². The molecule has 7 heteroatoms. The molecule has 0 bridgehead atoms. The molecular formula is C18H25N5O2. The lowest BCUT2D eigenvalue weighted by Crippen LogP contribution is -2.58. The molecule has 2 aromatic rings. The van der Waals surface area contributed by atoms with Crippen LogP contribution in [0.3, 0.4) is 0 Å². The second-order valence-corrected chi connectivity index (χ2v) is 6.79. The second kappa shape index (κ2) is 7.13. The fourth-order valence-corrected chi connectivity index (χ4v) is 3.23. The smallest absolute Gasteiger partial charge is 0.322 e. The first kappa shape index (κ1) is 17.3. The van der Waals surface area contributed by atoms with E-state index in [1.54, 1.807) is 4.90 Å². The molecule has 2 N–H and O–H groups in total. The van der Waals surface area contributed by atoms with E-state index in [1.165, 1.54) is 0 Å². The Morgan fingerprint density at radius 2 is 2.24 bits per heavy atom. The van der Waals surface area contributed by atoms with Gasteiger partial charge in [-0.05, 0) is 37.5 Å². The molecule has 3 rings (SSSR count). The molecule has 0 saturated carbocycles. The number of benzene rings is 1. The number of carbonyl (C=O) groups is 2. The van der Waals surface area contributed by atoms with Gasteiger partial charge >= 0.3 is 6.03 Å². The predicted molar refractivity (Wildman–Crippen MR) is 97.4 cm³/mol. The topological polar surface area (TPSA) is 79.3 Å². The molecule has 1 unspecified atom stereocenters. The monoisotopic (exact) mass is 343 g/mol. The Labute approximate surface area is 147 Å². The van der Waals surface area contributed by atoms with Crippen LogP contribution in [-0.2, 0) is 11.3 Å². The van der Waals surface area contributed by atoms with Crippen LogP contribution >= 0.6 is 0 Å². The van der Waals surface area contributed by atoms with Gasteiger partial charge in [0.15, 0.2) is 0 Å². The maximum absolute atomic E-state index is 12.7. The number of rotatable bonds is 4. The van der Waals surface area contributed by atoms with Crippen LogP contribution in [0.1, 0.15) is 27.2 Å². The van der Waals surface area contributed by atoms with Gasteiger partial charge in [0, 0.05) is 30.7 Å². The summed E-state index contributed by atoms with van der Waals surface area (Å²) in [6.45, 7) is 7.91. The fourth-order valence-electron chi connectivity index (χ4n) is 3.23. The minimum Gasteiger partial charge on any atom is -0.353 e. The highest BCUT2D eigenvalue weighted by Gasteiger charge is 2.33. The maximum atomic E-state index is 12.7. The van der Waals surface area contributed by atoms with Crippen LogP contribution in [0, 0.1) is 5.92 Å². The molecule has 0 spiro atoms. The zero-order valence-electron chi connectivity index (χ0n) is 15.0. The molecule has 1 aromatic heterocycles. The highest BCUT2D eigenvalue weighted by molar-refractivity contribution is 5.96. The largest absolute Gasteiger partial charge is 0.353 e. The first-order chi connectivity index (χ1) is 12.0. The van der Waals surface area contributed by atoms with Crippen molar-refractivity contribution in [2.75, 3.05) is 18.4 Å². The number of aromatic nitrogens is 2. The van der Waals surface area contributed by atoms with Gasteiger partial charge in [0.2, 0.25) is 5.91 Å². The number of nitrogens with one attached hydrogen (secondary N) is 2. The van der Waals surface area contributed by atoms with Crippen molar-refractivity contribution in [1.82, 2.24) is 20.0 Å². The first-order valence-electron chi connectivity index (χ1n) is 8.80. The number of anilines is 1. The third kappa shape index (κ3) is 3.60. The third-order valence-electron chi connectivity index (χ3n) is 4.48. The molecule has 25 heavy (non-hydrogen) atoms. The van der Waals surface area contributed by atoms with E-state index in [0.717, 1.165) is 17.4 Å². The highest BCUT2D eigenvalue weighted by atomic mass is 16.2. The molecular weight excluding hydrogens is 318 g/mol. The zero-order valence-corrected chi connectivity index (χ0v) is 15.0. The van der Waals surface area contributed by atoms with Crippen LogP contribution in [0.25, 0.3) is 10.9 Å². The van der Waals surface area contributed by atoms with Crippen molar-refractivity contribution < 1.29 is 9.59 Å². The van der Waals surface area contributed by atoms with Crippen LogP contribution in [0.4, 0.5) is 10.5 Å². The highest BCUT2D eigenvalue weighted by Crippen LogP contribution is 2.21. The summed E-state index contributed by atoms with van der Waals surface area (Å²) in [5, 5.41) is 11.1. The normalized spacial score (nSPS) is 17.8. The van der Waals surface area contributed by atoms with Crippen LogP contribution in [-0.4, -0.2) is 45.8 Å².